The van der Waals surface area contributed by atoms with Crippen molar-refractivity contribution in [3.05, 3.63) is 98.1 Å². The minimum atomic E-state index is 0. The van der Waals surface area contributed by atoms with Crippen molar-refractivity contribution in [1.82, 2.24) is 9.13 Å². The summed E-state index contributed by atoms with van der Waals surface area (Å²) in [4.78, 5) is 15.5. The van der Waals surface area contributed by atoms with Gasteiger partial charge in [0, 0.05) is 36.4 Å². The Labute approximate surface area is 264 Å². The molecule has 5 heterocycles. The van der Waals surface area contributed by atoms with E-state index in [-0.39, 0.29) is 81.3 Å². The first kappa shape index (κ1) is 30.0. The Hall–Kier alpha value is -1.99. The summed E-state index contributed by atoms with van der Waals surface area (Å²) in [5, 5.41) is 0. The zero-order valence-electron chi connectivity index (χ0n) is 19.9. The largest absolute Gasteiger partial charge is 1.00 e. The summed E-state index contributed by atoms with van der Waals surface area (Å²) in [5.74, 6) is 3.04. The van der Waals surface area contributed by atoms with Crippen LogP contribution >= 0.6 is 0 Å². The second kappa shape index (κ2) is 16.6. The molecule has 10 heteroatoms. The molecule has 0 amide bonds. The summed E-state index contributed by atoms with van der Waals surface area (Å²) in [5.41, 5.74) is 2.18. The Morgan fingerprint density at radius 1 is 0.618 bits per heavy atom. The second-order valence-corrected chi connectivity index (χ2v) is 6.83. The van der Waals surface area contributed by atoms with Gasteiger partial charge in [-0.1, -0.05) is 0 Å². The minimum absolute atomic E-state index is 0. The van der Waals surface area contributed by atoms with Gasteiger partial charge in [-0.3, -0.25) is 0 Å². The summed E-state index contributed by atoms with van der Waals surface area (Å²) < 4.78 is 8.96. The average Bonchev–Trinajstić information content (AvgIpc) is 3.49. The number of rotatable bonds is 3. The number of ether oxygens (including phenoxy) is 1. The molecule has 5 rings (SSSR count). The Morgan fingerprint density at radius 3 is 1.38 bits per heavy atom. The van der Waals surface area contributed by atoms with Crippen molar-refractivity contribution in [3.8, 4) is 28.8 Å². The number of aryl methyl sites for hydroxylation is 2. The molecule has 5 aromatic heterocycles. The van der Waals surface area contributed by atoms with Gasteiger partial charge in [-0.25, -0.2) is 34.1 Å². The molecule has 5 aromatic rings. The number of aromatic nitrogens is 7. The normalized spacial score (nSPS) is 9.15. The molecule has 0 aromatic carbocycles. The molecule has 0 aliphatic heterocycles. The van der Waals surface area contributed by atoms with Crippen molar-refractivity contribution in [1.29, 1.82) is 0 Å². The van der Waals surface area contributed by atoms with Crippen LogP contribution in [0.4, 0.5) is 0 Å². The van der Waals surface area contributed by atoms with Crippen LogP contribution < -0.4 is 111 Å². The van der Waals surface area contributed by atoms with Crippen molar-refractivity contribution in [2.45, 2.75) is 0 Å². The van der Waals surface area contributed by atoms with Crippen molar-refractivity contribution >= 4 is 0 Å². The zero-order chi connectivity index (χ0) is 22.6. The Bertz CT molecular complexity index is 1110. The number of methoxy groups -OCH3 is 1. The van der Waals surface area contributed by atoms with Gasteiger partial charge in [-0.2, -0.15) is 0 Å². The fraction of sp³-hybridized carbons (Fsp3) is 0.125. The number of nitrogens with zero attached hydrogens (tertiary/aromatic N) is 2. The minimum Gasteiger partial charge on any atom is -1.00 e. The average molecular weight is 601 g/mol. The van der Waals surface area contributed by atoms with Crippen LogP contribution in [-0.4, -0.2) is 16.2 Å². The van der Waals surface area contributed by atoms with Gasteiger partial charge in [-0.05, 0) is 12.1 Å². The number of hydrogen-bond acceptors (Lipinski definition) is 1. The van der Waals surface area contributed by atoms with Crippen LogP contribution in [-0.2, 0) is 14.1 Å². The molecule has 0 bridgehead atoms. The topological polar surface area (TPSA) is 89.8 Å². The number of H-pyrrole nitrogens is 5. The maximum Gasteiger partial charge on any atom is 1.00 e. The van der Waals surface area contributed by atoms with Gasteiger partial charge in [-0.15, -0.1) is 0 Å². The number of aromatic amines is 5. The van der Waals surface area contributed by atoms with Gasteiger partial charge in [0.05, 0.1) is 21.2 Å². The Kier molecular flexibility index (Phi) is 14.7. The molecule has 34 heavy (non-hydrogen) atoms. The molecule has 5 N–H and O–H groups in total. The van der Waals surface area contributed by atoms with Crippen molar-refractivity contribution in [2.75, 3.05) is 7.11 Å². The van der Waals surface area contributed by atoms with Crippen molar-refractivity contribution in [3.63, 3.8) is 0 Å². The van der Waals surface area contributed by atoms with E-state index in [0.717, 1.165) is 28.8 Å². The molecular weight excluding hydrogens is 571 g/mol. The molecule has 0 unspecified atom stereocenters. The van der Waals surface area contributed by atoms with Crippen LogP contribution in [0.2, 0.25) is 0 Å². The quantitative estimate of drug-likeness (QED) is 0.204. The molecule has 8 nitrogen and oxygen atoms in total. The van der Waals surface area contributed by atoms with Crippen LogP contribution in [0.25, 0.3) is 23.0 Å². The van der Waals surface area contributed by atoms with Crippen LogP contribution in [0.1, 0.15) is 0 Å². The van der Waals surface area contributed by atoms with Gasteiger partial charge in [0.1, 0.15) is 30.5 Å². The van der Waals surface area contributed by atoms with E-state index in [1.54, 1.807) is 7.11 Å². The molecule has 0 radical (unpaired) electrons. The van der Waals surface area contributed by atoms with Crippen LogP contribution in [0, 0.1) is 0 Å². The molecule has 0 aliphatic carbocycles. The standard InChI is InChI=1S/2C9H9N3.C6H7NO.ClH.Cs/c2*1-12-7-6-11-9(12)8-4-2-3-5-10-8;1-8-6-2-4-7-5-3-6;;/h2*2-7H,1H3;2-5H,1H3;1H;/q;;;;+1/p+4. The van der Waals surface area contributed by atoms with Gasteiger partial charge >= 0.3 is 80.5 Å². The monoisotopic (exact) mass is 600 g/mol. The molecule has 0 aliphatic rings. The van der Waals surface area contributed by atoms with Gasteiger partial charge in [0.25, 0.3) is 11.4 Å². The van der Waals surface area contributed by atoms with E-state index in [1.165, 1.54) is 0 Å². The van der Waals surface area contributed by atoms with E-state index in [2.05, 4.69) is 24.9 Å². The first-order valence-electron chi connectivity index (χ1n) is 10.2. The third kappa shape index (κ3) is 9.34. The number of halogens is 1. The van der Waals surface area contributed by atoms with E-state index in [4.69, 9.17) is 4.74 Å². The van der Waals surface area contributed by atoms with Crippen LogP contribution in [0.5, 0.6) is 5.75 Å². The zero-order valence-corrected chi connectivity index (χ0v) is 27.0. The summed E-state index contributed by atoms with van der Waals surface area (Å²) in [6.07, 6.45) is 15.3. The van der Waals surface area contributed by atoms with Crippen molar-refractivity contribution in [2.24, 2.45) is 14.1 Å². The fourth-order valence-corrected chi connectivity index (χ4v) is 2.93. The molecule has 0 spiro atoms. The molecule has 170 valence electrons. The molecule has 0 atom stereocenters. The van der Waals surface area contributed by atoms with Gasteiger partial charge in [0.15, 0.2) is 24.8 Å². The Balaban J connectivity index is 0.000000253. The third-order valence-corrected chi connectivity index (χ3v) is 4.59. The van der Waals surface area contributed by atoms with Crippen LogP contribution in [0.3, 0.4) is 0 Å². The smallest absolute Gasteiger partial charge is 1.00 e. The maximum atomic E-state index is 4.89. The van der Waals surface area contributed by atoms with Crippen LogP contribution in [0.15, 0.2) is 98.1 Å². The summed E-state index contributed by atoms with van der Waals surface area (Å²) in [6, 6.07) is 15.7. The van der Waals surface area contributed by atoms with E-state index in [0.29, 0.717) is 0 Å². The number of nitrogens with one attached hydrogen (secondary N) is 5. The summed E-state index contributed by atoms with van der Waals surface area (Å²) >= 11 is 0. The summed E-state index contributed by atoms with van der Waals surface area (Å²) in [7, 11) is 5.66. The fourth-order valence-electron chi connectivity index (χ4n) is 2.93. The van der Waals surface area contributed by atoms with E-state index in [1.807, 2.05) is 121 Å². The molecular formula is C24H30ClCsN7O+5. The predicted octanol–water partition coefficient (Wildman–Crippen LogP) is -4.84. The first-order valence-corrected chi connectivity index (χ1v) is 10.2. The van der Waals surface area contributed by atoms with E-state index >= 15 is 0 Å². The van der Waals surface area contributed by atoms with E-state index < -0.39 is 0 Å². The van der Waals surface area contributed by atoms with Gasteiger partial charge < -0.3 is 17.1 Å². The number of pyridine rings is 3. The first-order chi connectivity index (χ1) is 15.7. The number of imidazole rings is 2. The Morgan fingerprint density at radius 2 is 1.09 bits per heavy atom. The third-order valence-electron chi connectivity index (χ3n) is 4.59. The predicted molar refractivity (Wildman–Crippen MR) is 117 cm³/mol. The molecule has 0 saturated carbocycles. The molecule has 0 fully saturated rings. The van der Waals surface area contributed by atoms with Gasteiger partial charge in [0.2, 0.25) is 0 Å². The molecule has 0 saturated heterocycles. The SMILES string of the molecule is COc1cc[nH+]cc1.Cn1cc[nH+]c1-c1cccc[nH+]1.Cn1cc[nH+]c1-c1cccc[nH+]1.[Cl-].[Cs+]. The number of hydrogen-bond donors (Lipinski definition) is 0. The maximum absolute atomic E-state index is 4.89. The summed E-state index contributed by atoms with van der Waals surface area (Å²) in [6.45, 7) is 0. The van der Waals surface area contributed by atoms with Crippen molar-refractivity contribution < 1.29 is 111 Å². The van der Waals surface area contributed by atoms with E-state index in [9.17, 15) is 0 Å². The second-order valence-electron chi connectivity index (χ2n) is 6.83.